The van der Waals surface area contributed by atoms with E-state index in [-0.39, 0.29) is 18.3 Å². The van der Waals surface area contributed by atoms with Crippen molar-refractivity contribution in [2.45, 2.75) is 63.9 Å². The number of rotatable bonds is 0. The summed E-state index contributed by atoms with van der Waals surface area (Å²) < 4.78 is 28.7. The Morgan fingerprint density at radius 1 is 0.882 bits per heavy atom. The molecule has 4 atom stereocenters. The van der Waals surface area contributed by atoms with Crippen molar-refractivity contribution in [2.75, 3.05) is 0 Å². The van der Waals surface area contributed by atoms with Gasteiger partial charge in [-0.15, -0.1) is 0 Å². The molecular weight excluding hydrogens is 224 g/mol. The van der Waals surface area contributed by atoms with Gasteiger partial charge in [-0.2, -0.15) is 0 Å². The molecule has 3 aliphatic rings. The van der Waals surface area contributed by atoms with Crippen molar-refractivity contribution in [2.24, 2.45) is 0 Å². The van der Waals surface area contributed by atoms with Crippen LogP contribution >= 0.6 is 0 Å². The second-order valence-electron chi connectivity index (χ2n) is 5.57. The Hall–Kier alpha value is -0.620. The van der Waals surface area contributed by atoms with Crippen LogP contribution in [0.15, 0.2) is 12.3 Å². The van der Waals surface area contributed by atoms with E-state index in [1.54, 1.807) is 0 Å². The lowest BCUT2D eigenvalue weighted by Crippen LogP contribution is -2.48. The molecule has 96 valence electrons. The van der Waals surface area contributed by atoms with E-state index in [0.717, 1.165) is 0 Å². The second kappa shape index (κ2) is 3.23. The zero-order valence-electron chi connectivity index (χ0n) is 10.6. The smallest absolute Gasteiger partial charge is 0.231 e. The average Bonchev–Trinajstić information content (AvgIpc) is 2.62. The van der Waals surface area contributed by atoms with Gasteiger partial charge < -0.3 is 23.7 Å². The van der Waals surface area contributed by atoms with E-state index in [0.29, 0.717) is 5.76 Å². The van der Waals surface area contributed by atoms with Crippen LogP contribution in [0.3, 0.4) is 0 Å². The van der Waals surface area contributed by atoms with Gasteiger partial charge in [0.1, 0.15) is 18.0 Å². The van der Waals surface area contributed by atoms with E-state index < -0.39 is 17.9 Å². The van der Waals surface area contributed by atoms with Gasteiger partial charge in [0.25, 0.3) is 0 Å². The van der Waals surface area contributed by atoms with Crippen LogP contribution < -0.4 is 0 Å². The number of fused-ring (bicyclic) bond motifs is 3. The zero-order valence-corrected chi connectivity index (χ0v) is 10.6. The van der Waals surface area contributed by atoms with Crippen LogP contribution in [-0.2, 0) is 23.7 Å². The molecule has 5 heteroatoms. The molecule has 3 fully saturated rings. The quantitative estimate of drug-likeness (QED) is 0.644. The highest BCUT2D eigenvalue weighted by molar-refractivity contribution is 5.10. The van der Waals surface area contributed by atoms with Gasteiger partial charge in [-0.3, -0.25) is 0 Å². The van der Waals surface area contributed by atoms with E-state index in [1.807, 2.05) is 27.7 Å². The summed E-state index contributed by atoms with van der Waals surface area (Å²) >= 11 is 0. The first-order valence-corrected chi connectivity index (χ1v) is 5.84. The number of hydrogen-bond acceptors (Lipinski definition) is 5. The van der Waals surface area contributed by atoms with Crippen molar-refractivity contribution in [3.8, 4) is 0 Å². The van der Waals surface area contributed by atoms with E-state index in [4.69, 9.17) is 23.7 Å². The fourth-order valence-electron chi connectivity index (χ4n) is 2.57. The molecule has 0 spiro atoms. The van der Waals surface area contributed by atoms with E-state index in [9.17, 15) is 0 Å². The Morgan fingerprint density at radius 2 is 1.47 bits per heavy atom. The van der Waals surface area contributed by atoms with Gasteiger partial charge in [-0.1, -0.05) is 6.58 Å². The minimum Gasteiger partial charge on any atom is -0.464 e. The molecule has 0 N–H and O–H groups in total. The van der Waals surface area contributed by atoms with Crippen molar-refractivity contribution in [1.29, 1.82) is 0 Å². The maximum Gasteiger partial charge on any atom is 0.231 e. The third kappa shape index (κ3) is 1.78. The first-order valence-electron chi connectivity index (χ1n) is 5.84. The Labute approximate surface area is 101 Å². The van der Waals surface area contributed by atoms with Crippen LogP contribution in [0.1, 0.15) is 27.7 Å². The molecule has 3 heterocycles. The van der Waals surface area contributed by atoms with Gasteiger partial charge in [-0.25, -0.2) is 0 Å². The van der Waals surface area contributed by atoms with Crippen LogP contribution in [0.4, 0.5) is 0 Å². The molecule has 4 unspecified atom stereocenters. The SMILES string of the molecule is C=C1OC2OC(C)(C)OC2C2OC(C)(C)OC12. The Kier molecular flexibility index (Phi) is 2.18. The highest BCUT2D eigenvalue weighted by Gasteiger charge is 2.59. The fourth-order valence-corrected chi connectivity index (χ4v) is 2.57. The largest absolute Gasteiger partial charge is 0.464 e. The molecule has 0 bridgehead atoms. The molecular formula is C12H18O5. The van der Waals surface area contributed by atoms with Gasteiger partial charge in [0, 0.05) is 0 Å². The summed E-state index contributed by atoms with van der Waals surface area (Å²) in [5.41, 5.74) is 0. The summed E-state index contributed by atoms with van der Waals surface area (Å²) in [5, 5.41) is 0. The zero-order chi connectivity index (χ0) is 12.4. The van der Waals surface area contributed by atoms with Crippen molar-refractivity contribution >= 4 is 0 Å². The van der Waals surface area contributed by atoms with Crippen LogP contribution in [0.5, 0.6) is 0 Å². The second-order valence-corrected chi connectivity index (χ2v) is 5.57. The molecule has 5 nitrogen and oxygen atoms in total. The van der Waals surface area contributed by atoms with Crippen LogP contribution in [0, 0.1) is 0 Å². The summed E-state index contributed by atoms with van der Waals surface area (Å²) in [6, 6.07) is 0. The van der Waals surface area contributed by atoms with Gasteiger partial charge >= 0.3 is 0 Å². The molecule has 0 aromatic rings. The van der Waals surface area contributed by atoms with Gasteiger partial charge in [0.15, 0.2) is 17.7 Å². The van der Waals surface area contributed by atoms with E-state index >= 15 is 0 Å². The topological polar surface area (TPSA) is 46.2 Å². The van der Waals surface area contributed by atoms with Crippen molar-refractivity contribution in [3.63, 3.8) is 0 Å². The molecule has 17 heavy (non-hydrogen) atoms. The molecule has 0 saturated carbocycles. The van der Waals surface area contributed by atoms with E-state index in [2.05, 4.69) is 6.58 Å². The lowest BCUT2D eigenvalue weighted by molar-refractivity contribution is -0.187. The molecule has 0 aliphatic carbocycles. The molecule has 3 rings (SSSR count). The number of ether oxygens (including phenoxy) is 5. The normalized spacial score (nSPS) is 46.2. The van der Waals surface area contributed by atoms with Crippen LogP contribution in [0.2, 0.25) is 0 Å². The molecule has 0 aromatic heterocycles. The Morgan fingerprint density at radius 3 is 2.18 bits per heavy atom. The van der Waals surface area contributed by atoms with Gasteiger partial charge in [0.2, 0.25) is 6.29 Å². The first kappa shape index (κ1) is 11.5. The minimum atomic E-state index is -0.666. The van der Waals surface area contributed by atoms with Crippen molar-refractivity contribution in [3.05, 3.63) is 12.3 Å². The predicted octanol–water partition coefficient (Wildman–Crippen LogP) is 1.53. The van der Waals surface area contributed by atoms with Gasteiger partial charge in [0.05, 0.1) is 0 Å². The average molecular weight is 242 g/mol. The third-order valence-corrected chi connectivity index (χ3v) is 3.13. The van der Waals surface area contributed by atoms with Crippen LogP contribution in [0.25, 0.3) is 0 Å². The molecule has 3 saturated heterocycles. The monoisotopic (exact) mass is 242 g/mol. The number of hydrogen-bond donors (Lipinski definition) is 0. The lowest BCUT2D eigenvalue weighted by atomic mass is 10.0. The lowest BCUT2D eigenvalue weighted by Gasteiger charge is -2.32. The predicted molar refractivity (Wildman–Crippen MR) is 57.9 cm³/mol. The summed E-state index contributed by atoms with van der Waals surface area (Å²) in [5.74, 6) is -0.768. The summed E-state index contributed by atoms with van der Waals surface area (Å²) in [6.07, 6.45) is -1.25. The highest BCUT2D eigenvalue weighted by atomic mass is 16.9. The standard InChI is InChI=1S/C12H18O5/c1-6-7-8(15-11(2,3)14-7)9-10(13-6)17-12(4,5)16-9/h7-10H,1H2,2-5H3. The highest BCUT2D eigenvalue weighted by Crippen LogP contribution is 2.44. The molecule has 0 amide bonds. The maximum absolute atomic E-state index is 5.86. The van der Waals surface area contributed by atoms with Crippen LogP contribution in [-0.4, -0.2) is 36.2 Å². The Balaban J connectivity index is 1.88. The van der Waals surface area contributed by atoms with Crippen molar-refractivity contribution < 1.29 is 23.7 Å². The molecule has 0 radical (unpaired) electrons. The summed E-state index contributed by atoms with van der Waals surface area (Å²) in [4.78, 5) is 0. The molecule has 0 aromatic carbocycles. The third-order valence-electron chi connectivity index (χ3n) is 3.13. The fraction of sp³-hybridized carbons (Fsp3) is 0.833. The summed E-state index contributed by atoms with van der Waals surface area (Å²) in [7, 11) is 0. The van der Waals surface area contributed by atoms with Gasteiger partial charge in [-0.05, 0) is 27.7 Å². The first-order chi connectivity index (χ1) is 7.77. The summed E-state index contributed by atoms with van der Waals surface area (Å²) in [6.45, 7) is 11.3. The minimum absolute atomic E-state index is 0.224. The molecule has 3 aliphatic heterocycles. The van der Waals surface area contributed by atoms with Crippen molar-refractivity contribution in [1.82, 2.24) is 0 Å². The maximum atomic E-state index is 5.86. The van der Waals surface area contributed by atoms with E-state index in [1.165, 1.54) is 0 Å². The Bertz CT molecular complexity index is 362.